The van der Waals surface area contributed by atoms with E-state index in [1.807, 2.05) is 52.1 Å². The van der Waals surface area contributed by atoms with Crippen LogP contribution in [0.1, 0.15) is 36.6 Å². The lowest BCUT2D eigenvalue weighted by Gasteiger charge is -2.10. The van der Waals surface area contributed by atoms with Crippen molar-refractivity contribution in [3.05, 3.63) is 80.2 Å². The molecule has 0 unspecified atom stereocenters. The molecule has 8 heteroatoms. The number of hydrogen-bond donors (Lipinski definition) is 1. The first-order chi connectivity index (χ1) is 13.6. The summed E-state index contributed by atoms with van der Waals surface area (Å²) in [7, 11) is -1.84. The molecule has 0 amide bonds. The third-order valence-corrected chi connectivity index (χ3v) is 6.83. The lowest BCUT2D eigenvalue weighted by Crippen LogP contribution is -2.24. The number of aromatic nitrogens is 2. The van der Waals surface area contributed by atoms with E-state index in [0.717, 1.165) is 21.3 Å². The minimum Gasteiger partial charge on any atom is -0.285 e. The van der Waals surface area contributed by atoms with Crippen LogP contribution in [-0.2, 0) is 23.6 Å². The van der Waals surface area contributed by atoms with E-state index in [4.69, 9.17) is 0 Å². The molecule has 1 N–H and O–H groups in total. The number of halogens is 1. The Kier molecular flexibility index (Phi) is 6.16. The lowest BCUT2D eigenvalue weighted by atomic mass is 10.0. The molecule has 0 fully saturated rings. The van der Waals surface area contributed by atoms with Gasteiger partial charge in [0, 0.05) is 29.3 Å². The molecule has 29 heavy (non-hydrogen) atoms. The summed E-state index contributed by atoms with van der Waals surface area (Å²) < 4.78 is 32.1. The Labute approximate surface area is 179 Å². The summed E-state index contributed by atoms with van der Waals surface area (Å²) in [6.45, 7) is 6.08. The highest BCUT2D eigenvalue weighted by Crippen LogP contribution is 2.19. The Balaban J connectivity index is 1.87. The van der Waals surface area contributed by atoms with E-state index in [2.05, 4.69) is 20.7 Å². The van der Waals surface area contributed by atoms with Crippen molar-refractivity contribution >= 4 is 26.0 Å². The van der Waals surface area contributed by atoms with Crippen molar-refractivity contribution in [3.63, 3.8) is 0 Å². The van der Waals surface area contributed by atoms with Crippen LogP contribution in [0.5, 0.6) is 0 Å². The summed E-state index contributed by atoms with van der Waals surface area (Å²) in [5, 5.41) is 0. The van der Waals surface area contributed by atoms with Gasteiger partial charge in [-0.1, -0.05) is 41.9 Å². The van der Waals surface area contributed by atoms with Crippen LogP contribution in [0.15, 0.2) is 62.7 Å². The smallest absolute Gasteiger partial charge is 0.275 e. The van der Waals surface area contributed by atoms with Crippen LogP contribution in [0.4, 0.5) is 0 Å². The first kappa shape index (κ1) is 21.5. The van der Waals surface area contributed by atoms with Gasteiger partial charge in [-0.3, -0.25) is 9.48 Å². The molecule has 0 radical (unpaired) electrons. The van der Waals surface area contributed by atoms with Crippen LogP contribution >= 0.6 is 15.9 Å². The van der Waals surface area contributed by atoms with Crippen LogP contribution < -0.4 is 10.3 Å². The normalized spacial score (nSPS) is 11.9. The fourth-order valence-electron chi connectivity index (χ4n) is 3.36. The van der Waals surface area contributed by atoms with Crippen LogP contribution in [0.2, 0.25) is 0 Å². The molecule has 154 valence electrons. The summed E-state index contributed by atoms with van der Waals surface area (Å²) >= 11 is 3.38. The topological polar surface area (TPSA) is 73.1 Å². The Hall–Kier alpha value is -2.16. The highest BCUT2D eigenvalue weighted by Gasteiger charge is 2.19. The molecule has 0 saturated carbocycles. The zero-order chi connectivity index (χ0) is 21.3. The molecule has 0 atom stereocenters. The third-order valence-electron chi connectivity index (χ3n) is 4.92. The van der Waals surface area contributed by atoms with Gasteiger partial charge in [-0.2, -0.15) is 0 Å². The van der Waals surface area contributed by atoms with E-state index in [1.165, 1.54) is 12.1 Å². The predicted octanol–water partition coefficient (Wildman–Crippen LogP) is 3.85. The maximum absolute atomic E-state index is 12.8. The summed E-state index contributed by atoms with van der Waals surface area (Å²) in [6.07, 6.45) is 0. The number of nitrogens with one attached hydrogen (secondary N) is 1. The number of sulfonamides is 1. The number of nitrogens with zero attached hydrogens (tertiary/aromatic N) is 2. The molecular formula is C21H24BrN3O3S. The van der Waals surface area contributed by atoms with E-state index in [0.29, 0.717) is 5.69 Å². The molecule has 6 nitrogen and oxygen atoms in total. The SMILES string of the molecule is Cc1c(C(C)C)c(=O)n(-c2ccc(S(=O)(=O)NCc3cccc(Br)c3)cc2)n1C. The minimum absolute atomic E-state index is 0.0802. The van der Waals surface area contributed by atoms with E-state index in [-0.39, 0.29) is 22.9 Å². The van der Waals surface area contributed by atoms with Gasteiger partial charge in [0.15, 0.2) is 0 Å². The van der Waals surface area contributed by atoms with Crippen molar-refractivity contribution in [2.75, 3.05) is 0 Å². The summed E-state index contributed by atoms with van der Waals surface area (Å²) in [5.74, 6) is 0.108. The fraction of sp³-hybridized carbons (Fsp3) is 0.286. The fourth-order valence-corrected chi connectivity index (χ4v) is 4.82. The maximum Gasteiger partial charge on any atom is 0.275 e. The molecule has 0 aliphatic rings. The van der Waals surface area contributed by atoms with Gasteiger partial charge in [0.25, 0.3) is 5.56 Å². The Morgan fingerprint density at radius 3 is 2.31 bits per heavy atom. The zero-order valence-electron chi connectivity index (χ0n) is 16.8. The van der Waals surface area contributed by atoms with Crippen molar-refractivity contribution in [1.29, 1.82) is 0 Å². The molecule has 0 saturated heterocycles. The maximum atomic E-state index is 12.8. The highest BCUT2D eigenvalue weighted by molar-refractivity contribution is 9.10. The zero-order valence-corrected chi connectivity index (χ0v) is 19.2. The van der Waals surface area contributed by atoms with Crippen LogP contribution in [-0.4, -0.2) is 17.8 Å². The largest absolute Gasteiger partial charge is 0.285 e. The second-order valence-corrected chi connectivity index (χ2v) is 9.93. The van der Waals surface area contributed by atoms with Crippen molar-refractivity contribution in [2.24, 2.45) is 7.05 Å². The van der Waals surface area contributed by atoms with Gasteiger partial charge in [0.1, 0.15) is 0 Å². The minimum atomic E-state index is -3.67. The van der Waals surface area contributed by atoms with Crippen molar-refractivity contribution in [2.45, 2.75) is 38.1 Å². The van der Waals surface area contributed by atoms with E-state index in [9.17, 15) is 13.2 Å². The molecule has 0 bridgehead atoms. The quantitative estimate of drug-likeness (QED) is 0.585. The van der Waals surface area contributed by atoms with Crippen molar-refractivity contribution in [3.8, 4) is 5.69 Å². The van der Waals surface area contributed by atoms with Crippen molar-refractivity contribution < 1.29 is 8.42 Å². The van der Waals surface area contributed by atoms with Crippen LogP contribution in [0, 0.1) is 6.92 Å². The second kappa shape index (κ2) is 8.30. The number of benzene rings is 2. The van der Waals surface area contributed by atoms with Crippen LogP contribution in [0.3, 0.4) is 0 Å². The summed E-state index contributed by atoms with van der Waals surface area (Å²) in [6, 6.07) is 13.8. The van der Waals surface area contributed by atoms with Crippen LogP contribution in [0.25, 0.3) is 5.69 Å². The monoisotopic (exact) mass is 477 g/mol. The van der Waals surface area contributed by atoms with Gasteiger partial charge in [0.2, 0.25) is 10.0 Å². The molecule has 3 aromatic rings. The molecule has 1 heterocycles. The molecule has 0 aliphatic carbocycles. The van der Waals surface area contributed by atoms with Gasteiger partial charge in [-0.05, 0) is 54.8 Å². The third kappa shape index (κ3) is 4.39. The molecular weight excluding hydrogens is 454 g/mol. The molecule has 2 aromatic carbocycles. The average Bonchev–Trinajstić information content (AvgIpc) is 2.89. The van der Waals surface area contributed by atoms with E-state index >= 15 is 0 Å². The van der Waals surface area contributed by atoms with Crippen molar-refractivity contribution in [1.82, 2.24) is 14.1 Å². The van der Waals surface area contributed by atoms with Gasteiger partial charge >= 0.3 is 0 Å². The number of rotatable bonds is 6. The summed E-state index contributed by atoms with van der Waals surface area (Å²) in [5.41, 5.74) is 3.06. The van der Waals surface area contributed by atoms with Gasteiger partial charge in [-0.15, -0.1) is 0 Å². The second-order valence-electron chi connectivity index (χ2n) is 7.24. The lowest BCUT2D eigenvalue weighted by molar-refractivity contribution is 0.581. The van der Waals surface area contributed by atoms with Gasteiger partial charge in [0.05, 0.1) is 10.6 Å². The van der Waals surface area contributed by atoms with E-state index < -0.39 is 10.0 Å². The predicted molar refractivity (Wildman–Crippen MR) is 118 cm³/mol. The standard InChI is InChI=1S/C21H24BrN3O3S/c1-14(2)20-15(3)24(4)25(21(20)26)18-8-10-19(11-9-18)29(27,28)23-13-16-6-5-7-17(22)12-16/h5-12,14,23H,13H2,1-4H3. The van der Waals surface area contributed by atoms with Gasteiger partial charge < -0.3 is 0 Å². The Morgan fingerprint density at radius 1 is 1.10 bits per heavy atom. The molecule has 0 aliphatic heterocycles. The Bertz CT molecular complexity index is 1190. The first-order valence-corrected chi connectivity index (χ1v) is 11.5. The Morgan fingerprint density at radius 2 is 1.76 bits per heavy atom. The molecule has 0 spiro atoms. The first-order valence-electron chi connectivity index (χ1n) is 9.25. The number of hydrogen-bond acceptors (Lipinski definition) is 3. The molecule has 3 rings (SSSR count). The molecule has 1 aromatic heterocycles. The summed E-state index contributed by atoms with van der Waals surface area (Å²) in [4.78, 5) is 13.0. The van der Waals surface area contributed by atoms with Gasteiger partial charge in [-0.25, -0.2) is 17.8 Å². The van der Waals surface area contributed by atoms with E-state index in [1.54, 1.807) is 21.5 Å². The highest BCUT2D eigenvalue weighted by atomic mass is 79.9. The average molecular weight is 478 g/mol.